The number of carboxylic acids is 1. The molecule has 3 amide bonds. The Morgan fingerprint density at radius 2 is 1.75 bits per heavy atom. The Labute approximate surface area is 112 Å². The quantitative estimate of drug-likeness (QED) is 0.251. The molecule has 0 heterocycles. The molecule has 0 aliphatic rings. The first-order valence-corrected chi connectivity index (χ1v) is 6.92. The van der Waals surface area contributed by atoms with E-state index in [1.54, 1.807) is 0 Å². The highest BCUT2D eigenvalue weighted by Gasteiger charge is 2.26. The maximum absolute atomic E-state index is 11.5. The zero-order chi connectivity index (χ0) is 15.9. The van der Waals surface area contributed by atoms with Gasteiger partial charge in [0.1, 0.15) is 18.7 Å². The molecule has 20 heavy (non-hydrogen) atoms. The van der Waals surface area contributed by atoms with E-state index in [2.05, 4.69) is 0 Å². The Bertz CT molecular complexity index is 459. The molecule has 12 heteroatoms. The molecule has 0 unspecified atom stereocenters. The number of carbonyl (C=O) groups excluding carboxylic acids is 3. The fraction of sp³-hybridized carbons (Fsp3) is 0.500. The van der Waals surface area contributed by atoms with Crippen LogP contribution < -0.4 is 16.4 Å². The highest BCUT2D eigenvalue weighted by molar-refractivity contribution is 7.52. The van der Waals surface area contributed by atoms with Gasteiger partial charge in [0, 0.05) is 0 Å². The minimum atomic E-state index is -4.63. The summed E-state index contributed by atoms with van der Waals surface area (Å²) >= 11 is 0. The number of nitrogens with two attached hydrogens (primary N) is 1. The number of rotatable bonds is 8. The molecule has 0 aromatic rings. The summed E-state index contributed by atoms with van der Waals surface area (Å²) in [6, 6.07) is -1.51. The van der Waals surface area contributed by atoms with Gasteiger partial charge in [0.05, 0.1) is 6.42 Å². The molecule has 0 aliphatic heterocycles. The Balaban J connectivity index is 4.67. The molecule has 11 nitrogen and oxygen atoms in total. The molecular formula is C8H14N3O8P. The van der Waals surface area contributed by atoms with Gasteiger partial charge in [0.15, 0.2) is 0 Å². The van der Waals surface area contributed by atoms with E-state index in [9.17, 15) is 23.7 Å². The van der Waals surface area contributed by atoms with E-state index in [1.807, 2.05) is 10.6 Å². The summed E-state index contributed by atoms with van der Waals surface area (Å²) < 4.78 is 10.6. The molecule has 114 valence electrons. The molecule has 0 fully saturated rings. The van der Waals surface area contributed by atoms with Gasteiger partial charge in [-0.1, -0.05) is 0 Å². The number of hydrogen-bond donors (Lipinski definition) is 6. The van der Waals surface area contributed by atoms with Crippen LogP contribution in [0.5, 0.6) is 0 Å². The predicted molar refractivity (Wildman–Crippen MR) is 63.3 cm³/mol. The van der Waals surface area contributed by atoms with Gasteiger partial charge in [-0.3, -0.25) is 23.7 Å². The lowest BCUT2D eigenvalue weighted by atomic mass is 10.2. The monoisotopic (exact) mass is 311 g/mol. The number of nitrogens with one attached hydrogen (secondary N) is 2. The number of carboxylic acid groups (broad SMARTS) is 1. The third kappa shape index (κ3) is 9.03. The van der Waals surface area contributed by atoms with Crippen molar-refractivity contribution in [2.45, 2.75) is 12.5 Å². The van der Waals surface area contributed by atoms with E-state index in [0.29, 0.717) is 0 Å². The minimum Gasteiger partial charge on any atom is -0.480 e. The van der Waals surface area contributed by atoms with Crippen LogP contribution in [0.25, 0.3) is 0 Å². The van der Waals surface area contributed by atoms with E-state index < -0.39 is 56.5 Å². The van der Waals surface area contributed by atoms with Crippen molar-refractivity contribution in [3.8, 4) is 0 Å². The Hall–Kier alpha value is -1.97. The second-order valence-electron chi connectivity index (χ2n) is 3.72. The average molecular weight is 311 g/mol. The number of carbonyl (C=O) groups is 4. The smallest absolute Gasteiger partial charge is 0.334 e. The fourth-order valence-corrected chi connectivity index (χ4v) is 1.59. The summed E-state index contributed by atoms with van der Waals surface area (Å²) in [7, 11) is -4.63. The number of amides is 3. The van der Waals surface area contributed by atoms with Gasteiger partial charge in [-0.2, -0.15) is 0 Å². The fourth-order valence-electron chi connectivity index (χ4n) is 1.12. The van der Waals surface area contributed by atoms with Gasteiger partial charge < -0.3 is 31.3 Å². The van der Waals surface area contributed by atoms with Gasteiger partial charge in [-0.05, 0) is 0 Å². The van der Waals surface area contributed by atoms with Crippen LogP contribution in [0.2, 0.25) is 0 Å². The SMILES string of the molecule is NC(=O)C[C@@H](NC(=O)CP(=O)(O)O)C(=O)NCC(=O)O. The van der Waals surface area contributed by atoms with Crippen LogP contribution in [0, 0.1) is 0 Å². The van der Waals surface area contributed by atoms with Crippen LogP contribution in [0.3, 0.4) is 0 Å². The molecule has 0 bridgehead atoms. The largest absolute Gasteiger partial charge is 0.480 e. The molecule has 0 aromatic heterocycles. The van der Waals surface area contributed by atoms with Crippen LogP contribution in [0.4, 0.5) is 0 Å². The normalized spacial score (nSPS) is 12.3. The highest BCUT2D eigenvalue weighted by atomic mass is 31.2. The van der Waals surface area contributed by atoms with Crippen LogP contribution in [0.1, 0.15) is 6.42 Å². The predicted octanol–water partition coefficient (Wildman–Crippen LogP) is -3.27. The average Bonchev–Trinajstić information content (AvgIpc) is 2.21. The van der Waals surface area contributed by atoms with E-state index in [0.717, 1.165) is 0 Å². The van der Waals surface area contributed by atoms with Crippen LogP contribution >= 0.6 is 7.60 Å². The van der Waals surface area contributed by atoms with Crippen molar-refractivity contribution in [3.05, 3.63) is 0 Å². The van der Waals surface area contributed by atoms with Crippen molar-refractivity contribution >= 4 is 31.3 Å². The van der Waals surface area contributed by atoms with Crippen molar-refractivity contribution in [2.75, 3.05) is 12.7 Å². The molecule has 0 saturated heterocycles. The lowest BCUT2D eigenvalue weighted by Gasteiger charge is -2.16. The van der Waals surface area contributed by atoms with Crippen LogP contribution in [0.15, 0.2) is 0 Å². The van der Waals surface area contributed by atoms with Crippen molar-refractivity contribution < 1.29 is 38.6 Å². The van der Waals surface area contributed by atoms with E-state index in [1.165, 1.54) is 0 Å². The first kappa shape index (κ1) is 18.0. The van der Waals surface area contributed by atoms with Crippen molar-refractivity contribution in [1.29, 1.82) is 0 Å². The third-order valence-corrected chi connectivity index (χ3v) is 2.52. The zero-order valence-electron chi connectivity index (χ0n) is 10.1. The van der Waals surface area contributed by atoms with Gasteiger partial charge in [0.2, 0.25) is 17.7 Å². The van der Waals surface area contributed by atoms with Crippen molar-refractivity contribution in [1.82, 2.24) is 10.6 Å². The molecule has 0 aliphatic carbocycles. The van der Waals surface area contributed by atoms with Gasteiger partial charge in [-0.25, -0.2) is 0 Å². The minimum absolute atomic E-state index is 0.641. The molecule has 7 N–H and O–H groups in total. The van der Waals surface area contributed by atoms with Crippen LogP contribution in [-0.4, -0.2) is 57.3 Å². The van der Waals surface area contributed by atoms with Crippen LogP contribution in [-0.2, 0) is 23.7 Å². The standard InChI is InChI=1S/C8H14N3O8P/c9-5(12)1-4(8(16)10-2-7(14)15)11-6(13)3-20(17,18)19/h4H,1-3H2,(H2,9,12)(H,10,16)(H,11,13)(H,14,15)(H2,17,18,19)/t4-/m1/s1. The van der Waals surface area contributed by atoms with Gasteiger partial charge in [0.25, 0.3) is 0 Å². The molecule has 0 rings (SSSR count). The number of aliphatic carboxylic acids is 1. The lowest BCUT2D eigenvalue weighted by molar-refractivity contribution is -0.138. The highest BCUT2D eigenvalue weighted by Crippen LogP contribution is 2.33. The Kier molecular flexibility index (Phi) is 6.83. The lowest BCUT2D eigenvalue weighted by Crippen LogP contribution is -2.50. The van der Waals surface area contributed by atoms with Gasteiger partial charge >= 0.3 is 13.6 Å². The number of hydrogen-bond acceptors (Lipinski definition) is 5. The summed E-state index contributed by atoms with van der Waals surface area (Å²) in [5, 5.41) is 12.2. The van der Waals surface area contributed by atoms with Gasteiger partial charge in [-0.15, -0.1) is 0 Å². The molecular weight excluding hydrogens is 297 g/mol. The molecule has 1 atom stereocenters. The Morgan fingerprint density at radius 1 is 1.20 bits per heavy atom. The summed E-state index contributed by atoms with van der Waals surface area (Å²) in [6.45, 7) is -0.748. The summed E-state index contributed by atoms with van der Waals surface area (Å²) in [6.07, 6.45) is -1.81. The molecule has 0 aromatic carbocycles. The van der Waals surface area contributed by atoms with E-state index in [-0.39, 0.29) is 0 Å². The zero-order valence-corrected chi connectivity index (χ0v) is 11.0. The summed E-state index contributed by atoms with van der Waals surface area (Å²) in [5.41, 5.74) is 4.85. The number of primary amides is 1. The Morgan fingerprint density at radius 3 is 2.15 bits per heavy atom. The maximum Gasteiger partial charge on any atom is 0.334 e. The van der Waals surface area contributed by atoms with E-state index >= 15 is 0 Å². The maximum atomic E-state index is 11.5. The molecule has 0 spiro atoms. The topological polar surface area (TPSA) is 196 Å². The van der Waals surface area contributed by atoms with E-state index in [4.69, 9.17) is 20.6 Å². The third-order valence-electron chi connectivity index (χ3n) is 1.82. The summed E-state index contributed by atoms with van der Waals surface area (Å²) in [5.74, 6) is -4.49. The second-order valence-corrected chi connectivity index (χ2v) is 5.37. The van der Waals surface area contributed by atoms with Crippen molar-refractivity contribution in [3.63, 3.8) is 0 Å². The second kappa shape index (κ2) is 7.58. The first-order valence-electron chi connectivity index (χ1n) is 5.13. The molecule has 0 radical (unpaired) electrons. The summed E-state index contributed by atoms with van der Waals surface area (Å²) in [4.78, 5) is 60.9. The van der Waals surface area contributed by atoms with Crippen molar-refractivity contribution in [2.24, 2.45) is 5.73 Å². The first-order chi connectivity index (χ1) is 9.01. The molecule has 0 saturated carbocycles.